The van der Waals surface area contributed by atoms with Crippen molar-refractivity contribution in [3.8, 4) is 0 Å². The van der Waals surface area contributed by atoms with Gasteiger partial charge in [-0.3, -0.25) is 4.99 Å². The van der Waals surface area contributed by atoms with Crippen molar-refractivity contribution in [3.05, 3.63) is 0 Å². The van der Waals surface area contributed by atoms with Crippen molar-refractivity contribution >= 4 is 5.96 Å². The number of aliphatic imine (C=N–C) groups is 1. The summed E-state index contributed by atoms with van der Waals surface area (Å²) in [5, 5.41) is 6.61. The van der Waals surface area contributed by atoms with Crippen molar-refractivity contribution in [3.63, 3.8) is 0 Å². The highest BCUT2D eigenvalue weighted by molar-refractivity contribution is 5.80. The molecule has 0 radical (unpaired) electrons. The molecule has 0 saturated carbocycles. The summed E-state index contributed by atoms with van der Waals surface area (Å²) in [4.78, 5) is 4.37. The molecule has 0 bridgehead atoms. The molecule has 0 aliphatic carbocycles. The topological polar surface area (TPSA) is 45.7 Å². The second-order valence-corrected chi connectivity index (χ2v) is 3.97. The molecule has 1 unspecified atom stereocenters. The minimum absolute atomic E-state index is 0.662. The van der Waals surface area contributed by atoms with Crippen LogP contribution in [0.25, 0.3) is 0 Å². The Morgan fingerprint density at radius 2 is 2.50 bits per heavy atom. The zero-order chi connectivity index (χ0) is 9.64. The number of hydrogen-bond donors (Lipinski definition) is 2. The van der Waals surface area contributed by atoms with Crippen LogP contribution in [0.4, 0.5) is 0 Å². The summed E-state index contributed by atoms with van der Waals surface area (Å²) in [5.74, 6) is 1.64. The Balaban J connectivity index is 1.67. The molecule has 4 nitrogen and oxygen atoms in total. The summed E-state index contributed by atoms with van der Waals surface area (Å²) < 4.78 is 5.42. The number of guanidine groups is 1. The minimum Gasteiger partial charge on any atom is -0.381 e. The first-order valence-corrected chi connectivity index (χ1v) is 5.55. The zero-order valence-electron chi connectivity index (χ0n) is 8.59. The van der Waals surface area contributed by atoms with Gasteiger partial charge in [0.1, 0.15) is 0 Å². The fourth-order valence-corrected chi connectivity index (χ4v) is 1.86. The van der Waals surface area contributed by atoms with Crippen LogP contribution in [0.5, 0.6) is 0 Å². The van der Waals surface area contributed by atoms with E-state index in [2.05, 4.69) is 15.6 Å². The molecule has 2 rings (SSSR count). The summed E-state index contributed by atoms with van der Waals surface area (Å²) >= 11 is 0. The second-order valence-electron chi connectivity index (χ2n) is 3.97. The van der Waals surface area contributed by atoms with Crippen LogP contribution in [-0.4, -0.2) is 38.8 Å². The van der Waals surface area contributed by atoms with E-state index in [1.807, 2.05) is 0 Å². The summed E-state index contributed by atoms with van der Waals surface area (Å²) in [5.41, 5.74) is 0. The Kier molecular flexibility index (Phi) is 3.63. The lowest BCUT2D eigenvalue weighted by atomic mass is 10.0. The second kappa shape index (κ2) is 5.20. The van der Waals surface area contributed by atoms with Crippen LogP contribution in [0.3, 0.4) is 0 Å². The average molecular weight is 197 g/mol. The van der Waals surface area contributed by atoms with E-state index in [0.29, 0.717) is 5.92 Å². The fourth-order valence-electron chi connectivity index (χ4n) is 1.86. The number of hydrogen-bond acceptors (Lipinski definition) is 4. The van der Waals surface area contributed by atoms with Gasteiger partial charge in [0.2, 0.25) is 0 Å². The predicted octanol–water partition coefficient (Wildman–Crippen LogP) is 0.352. The molecule has 0 aromatic heterocycles. The highest BCUT2D eigenvalue weighted by Gasteiger charge is 2.14. The van der Waals surface area contributed by atoms with Gasteiger partial charge in [-0.05, 0) is 25.2 Å². The summed E-state index contributed by atoms with van der Waals surface area (Å²) in [6.45, 7) is 4.84. The molecular formula is C10H19N3O. The van der Waals surface area contributed by atoms with E-state index in [1.165, 1.54) is 12.8 Å². The van der Waals surface area contributed by atoms with E-state index >= 15 is 0 Å². The molecule has 1 saturated heterocycles. The normalized spacial score (nSPS) is 27.7. The average Bonchev–Trinajstić information content (AvgIpc) is 2.29. The van der Waals surface area contributed by atoms with E-state index < -0.39 is 0 Å². The molecule has 0 amide bonds. The first kappa shape index (κ1) is 9.77. The molecule has 2 aliphatic heterocycles. The number of ether oxygens (including phenoxy) is 1. The van der Waals surface area contributed by atoms with Crippen LogP contribution < -0.4 is 10.6 Å². The van der Waals surface area contributed by atoms with Gasteiger partial charge in [0.25, 0.3) is 0 Å². The van der Waals surface area contributed by atoms with Gasteiger partial charge < -0.3 is 15.4 Å². The predicted molar refractivity (Wildman–Crippen MR) is 56.5 cm³/mol. The monoisotopic (exact) mass is 197 g/mol. The van der Waals surface area contributed by atoms with Crippen molar-refractivity contribution in [2.75, 3.05) is 32.8 Å². The third kappa shape index (κ3) is 2.87. The molecule has 1 atom stereocenters. The van der Waals surface area contributed by atoms with Crippen LogP contribution in [0.15, 0.2) is 4.99 Å². The van der Waals surface area contributed by atoms with Gasteiger partial charge in [-0.2, -0.15) is 0 Å². The van der Waals surface area contributed by atoms with Gasteiger partial charge in [-0.25, -0.2) is 0 Å². The highest BCUT2D eigenvalue weighted by atomic mass is 16.5. The molecule has 0 spiro atoms. The van der Waals surface area contributed by atoms with Gasteiger partial charge in [0.05, 0.1) is 6.61 Å². The molecule has 2 N–H and O–H groups in total. The van der Waals surface area contributed by atoms with Crippen LogP contribution >= 0.6 is 0 Å². The van der Waals surface area contributed by atoms with Crippen molar-refractivity contribution in [1.82, 2.24) is 10.6 Å². The van der Waals surface area contributed by atoms with Crippen LogP contribution in [0, 0.1) is 5.92 Å². The van der Waals surface area contributed by atoms with Crippen molar-refractivity contribution in [2.45, 2.75) is 19.3 Å². The smallest absolute Gasteiger partial charge is 0.191 e. The number of rotatable bonds is 2. The van der Waals surface area contributed by atoms with Crippen LogP contribution in [0.1, 0.15) is 19.3 Å². The lowest BCUT2D eigenvalue weighted by Crippen LogP contribution is -2.43. The minimum atomic E-state index is 0.662. The molecule has 0 aromatic rings. The largest absolute Gasteiger partial charge is 0.381 e. The van der Waals surface area contributed by atoms with E-state index in [0.717, 1.165) is 45.2 Å². The van der Waals surface area contributed by atoms with Crippen LogP contribution in [-0.2, 0) is 4.74 Å². The third-order valence-corrected chi connectivity index (χ3v) is 2.71. The summed E-state index contributed by atoms with van der Waals surface area (Å²) in [7, 11) is 0. The van der Waals surface area contributed by atoms with Gasteiger partial charge in [-0.1, -0.05) is 0 Å². The first-order valence-electron chi connectivity index (χ1n) is 5.55. The third-order valence-electron chi connectivity index (χ3n) is 2.71. The Morgan fingerprint density at radius 1 is 1.50 bits per heavy atom. The Bertz CT molecular complexity index is 200. The maximum atomic E-state index is 5.42. The molecule has 14 heavy (non-hydrogen) atoms. The van der Waals surface area contributed by atoms with Gasteiger partial charge in [0, 0.05) is 26.2 Å². The fraction of sp³-hybridized carbons (Fsp3) is 0.900. The summed E-state index contributed by atoms with van der Waals surface area (Å²) in [6.07, 6.45) is 3.63. The Morgan fingerprint density at radius 3 is 3.21 bits per heavy atom. The molecule has 4 heteroatoms. The molecular weight excluding hydrogens is 178 g/mol. The summed E-state index contributed by atoms with van der Waals surface area (Å²) in [6, 6.07) is 0. The molecule has 2 heterocycles. The first-order chi connectivity index (χ1) is 6.95. The Labute approximate surface area is 85.1 Å². The van der Waals surface area contributed by atoms with E-state index in [4.69, 9.17) is 4.74 Å². The maximum absolute atomic E-state index is 5.42. The standard InChI is InChI=1S/C10H19N3O/c1-3-9(8-14-6-1)7-13-10-11-4-2-5-12-10/h9H,1-8H2,(H2,11,12,13). The molecule has 80 valence electrons. The van der Waals surface area contributed by atoms with E-state index in [1.54, 1.807) is 0 Å². The van der Waals surface area contributed by atoms with Gasteiger partial charge in [0.15, 0.2) is 5.96 Å². The van der Waals surface area contributed by atoms with Gasteiger partial charge in [-0.15, -0.1) is 0 Å². The van der Waals surface area contributed by atoms with Gasteiger partial charge >= 0.3 is 0 Å². The molecule has 2 aliphatic rings. The molecule has 1 fully saturated rings. The quantitative estimate of drug-likeness (QED) is 0.671. The van der Waals surface area contributed by atoms with E-state index in [9.17, 15) is 0 Å². The molecule has 0 aromatic carbocycles. The van der Waals surface area contributed by atoms with Crippen molar-refractivity contribution in [2.24, 2.45) is 10.9 Å². The van der Waals surface area contributed by atoms with Crippen LogP contribution in [0.2, 0.25) is 0 Å². The number of nitrogens with one attached hydrogen (secondary N) is 2. The zero-order valence-corrected chi connectivity index (χ0v) is 8.59. The number of nitrogens with zero attached hydrogens (tertiary/aromatic N) is 1. The van der Waals surface area contributed by atoms with Crippen molar-refractivity contribution in [1.29, 1.82) is 0 Å². The lowest BCUT2D eigenvalue weighted by molar-refractivity contribution is 0.0564. The Hall–Kier alpha value is -0.770. The van der Waals surface area contributed by atoms with Crippen molar-refractivity contribution < 1.29 is 4.74 Å². The highest BCUT2D eigenvalue weighted by Crippen LogP contribution is 2.11. The lowest BCUT2D eigenvalue weighted by Gasteiger charge is -2.24. The SMILES string of the molecule is C1CN=C(NCC2CCCOC2)NC1. The van der Waals surface area contributed by atoms with E-state index in [-0.39, 0.29) is 0 Å². The maximum Gasteiger partial charge on any atom is 0.191 e.